The number of esters is 3. The van der Waals surface area contributed by atoms with Gasteiger partial charge in [0.1, 0.15) is 42.0 Å². The fraction of sp³-hybridized carbons (Fsp3) is 0.500. The lowest BCUT2D eigenvalue weighted by atomic mass is 9.79. The topological polar surface area (TPSA) is 138 Å². The van der Waals surface area contributed by atoms with E-state index >= 15 is 0 Å². The highest BCUT2D eigenvalue weighted by Crippen LogP contribution is 2.39. The molecular weight excluding hydrogens is 700 g/mol. The standard InChI is InChI=1S/C44H58N2O9/c1-27(40(49)55-43(6,7)8)46-44(9,10)26-52-33-17-14-29(15-18-33)39(48)28(2)53-38(47)25-45-37-24-34(51-11)20-21-36(37)32-13-12-31-23-35(19-16-30(31)22-32)54-41(50)42(3,4)5/h14-21,23-24,27-28,32,45-46H,12-13,22,25-26H2,1-11H3. The molecule has 55 heavy (non-hydrogen) atoms. The molecular formula is C44H58N2O9. The minimum Gasteiger partial charge on any atom is -0.497 e. The van der Waals surface area contributed by atoms with Gasteiger partial charge in [0.05, 0.1) is 12.5 Å². The number of hydrogen-bond donors (Lipinski definition) is 2. The van der Waals surface area contributed by atoms with E-state index < -0.39 is 34.7 Å². The van der Waals surface area contributed by atoms with E-state index in [1.165, 1.54) is 5.56 Å². The fourth-order valence-corrected chi connectivity index (χ4v) is 6.24. The number of aryl methyl sites for hydroxylation is 1. The summed E-state index contributed by atoms with van der Waals surface area (Å²) in [5, 5.41) is 6.47. The van der Waals surface area contributed by atoms with Crippen LogP contribution in [0.5, 0.6) is 17.2 Å². The summed E-state index contributed by atoms with van der Waals surface area (Å²) in [7, 11) is 1.59. The first-order valence-corrected chi connectivity index (χ1v) is 18.9. The summed E-state index contributed by atoms with van der Waals surface area (Å²) in [4.78, 5) is 51.0. The Bertz CT molecular complexity index is 1840. The zero-order valence-electron chi connectivity index (χ0n) is 34.2. The van der Waals surface area contributed by atoms with Crippen molar-refractivity contribution < 1.29 is 42.9 Å². The minimum atomic E-state index is -1.01. The highest BCUT2D eigenvalue weighted by Gasteiger charge is 2.29. The first kappa shape index (κ1) is 42.8. The number of ketones is 1. The van der Waals surface area contributed by atoms with E-state index in [9.17, 15) is 19.2 Å². The molecule has 0 bridgehead atoms. The molecule has 4 rings (SSSR count). The van der Waals surface area contributed by atoms with Gasteiger partial charge in [-0.25, -0.2) is 0 Å². The molecule has 0 aromatic heterocycles. The second kappa shape index (κ2) is 17.7. The van der Waals surface area contributed by atoms with E-state index in [-0.39, 0.29) is 36.8 Å². The monoisotopic (exact) mass is 758 g/mol. The Morgan fingerprint density at radius 1 is 0.818 bits per heavy atom. The Labute approximate surface area is 325 Å². The third-order valence-corrected chi connectivity index (χ3v) is 9.14. The van der Waals surface area contributed by atoms with Gasteiger partial charge >= 0.3 is 17.9 Å². The van der Waals surface area contributed by atoms with Crippen LogP contribution in [0.2, 0.25) is 0 Å². The number of fused-ring (bicyclic) bond motifs is 1. The molecule has 0 fully saturated rings. The molecule has 1 aliphatic rings. The molecule has 0 spiro atoms. The molecule has 3 aromatic carbocycles. The van der Waals surface area contributed by atoms with Crippen LogP contribution >= 0.6 is 0 Å². The second-order valence-corrected chi connectivity index (χ2v) is 16.9. The van der Waals surface area contributed by atoms with Crippen LogP contribution in [-0.4, -0.2) is 67.2 Å². The van der Waals surface area contributed by atoms with Gasteiger partial charge in [0, 0.05) is 22.9 Å². The molecule has 11 heteroatoms. The van der Waals surface area contributed by atoms with E-state index in [0.29, 0.717) is 22.8 Å². The van der Waals surface area contributed by atoms with E-state index in [2.05, 4.69) is 10.6 Å². The number of Topliss-reactive ketones (excluding diaryl/α,β-unsaturated/α-hetero) is 1. The summed E-state index contributed by atoms with van der Waals surface area (Å²) in [6, 6.07) is 17.7. The van der Waals surface area contributed by atoms with Gasteiger partial charge in [-0.3, -0.25) is 24.5 Å². The van der Waals surface area contributed by atoms with Crippen LogP contribution in [0.25, 0.3) is 0 Å². The van der Waals surface area contributed by atoms with E-state index in [1.807, 2.05) is 91.8 Å². The Morgan fingerprint density at radius 2 is 1.47 bits per heavy atom. The van der Waals surface area contributed by atoms with E-state index in [4.69, 9.17) is 23.7 Å². The highest BCUT2D eigenvalue weighted by atomic mass is 16.6. The molecule has 3 atom stereocenters. The lowest BCUT2D eigenvalue weighted by Crippen LogP contribution is -2.52. The number of anilines is 1. The van der Waals surface area contributed by atoms with Crippen molar-refractivity contribution in [3.05, 3.63) is 82.9 Å². The normalized spacial score (nSPS) is 15.5. The van der Waals surface area contributed by atoms with Gasteiger partial charge in [-0.2, -0.15) is 0 Å². The average Bonchev–Trinajstić information content (AvgIpc) is 3.11. The van der Waals surface area contributed by atoms with Crippen molar-refractivity contribution in [1.29, 1.82) is 0 Å². The molecule has 0 saturated heterocycles. The van der Waals surface area contributed by atoms with Gasteiger partial charge in [0.15, 0.2) is 6.10 Å². The molecule has 11 nitrogen and oxygen atoms in total. The Morgan fingerprint density at radius 3 is 2.11 bits per heavy atom. The van der Waals surface area contributed by atoms with Crippen molar-refractivity contribution >= 4 is 29.4 Å². The molecule has 1 aliphatic carbocycles. The Balaban J connectivity index is 1.31. The van der Waals surface area contributed by atoms with Gasteiger partial charge in [-0.1, -0.05) is 12.1 Å². The van der Waals surface area contributed by atoms with Crippen molar-refractivity contribution in [2.75, 3.05) is 25.6 Å². The van der Waals surface area contributed by atoms with Crippen LogP contribution in [0.15, 0.2) is 60.7 Å². The molecule has 0 saturated carbocycles. The van der Waals surface area contributed by atoms with Crippen LogP contribution in [-0.2, 0) is 36.7 Å². The lowest BCUT2D eigenvalue weighted by molar-refractivity contribution is -0.157. The summed E-state index contributed by atoms with van der Waals surface area (Å²) in [5.41, 5.74) is 2.80. The van der Waals surface area contributed by atoms with Crippen molar-refractivity contribution in [1.82, 2.24) is 5.32 Å². The maximum Gasteiger partial charge on any atom is 0.326 e. The third kappa shape index (κ3) is 12.6. The van der Waals surface area contributed by atoms with Gasteiger partial charge in [0.2, 0.25) is 5.78 Å². The minimum absolute atomic E-state index is 0.146. The SMILES string of the molecule is COc1ccc(C2CCc3cc(OC(=O)C(C)(C)C)ccc3C2)c(NCC(=O)OC(C)C(=O)c2ccc(OCC(C)(C)NC(C)C(=O)OC(C)(C)C)cc2)c1. The maximum absolute atomic E-state index is 13.2. The quantitative estimate of drug-likeness (QED) is 0.0899. The van der Waals surface area contributed by atoms with Gasteiger partial charge in [-0.05, 0) is 154 Å². The zero-order valence-corrected chi connectivity index (χ0v) is 34.2. The molecule has 3 aromatic rings. The number of benzene rings is 3. The number of ether oxygens (including phenoxy) is 5. The number of methoxy groups -OCH3 is 1. The van der Waals surface area contributed by atoms with E-state index in [1.54, 1.807) is 45.2 Å². The largest absolute Gasteiger partial charge is 0.497 e. The van der Waals surface area contributed by atoms with Crippen molar-refractivity contribution in [2.45, 2.75) is 118 Å². The number of carbonyl (C=O) groups is 4. The van der Waals surface area contributed by atoms with Gasteiger partial charge in [-0.15, -0.1) is 0 Å². The van der Waals surface area contributed by atoms with Gasteiger partial charge in [0.25, 0.3) is 0 Å². The number of rotatable bonds is 15. The van der Waals surface area contributed by atoms with Crippen molar-refractivity contribution in [3.63, 3.8) is 0 Å². The molecule has 3 unspecified atom stereocenters. The van der Waals surface area contributed by atoms with Crippen LogP contribution < -0.4 is 24.8 Å². The smallest absolute Gasteiger partial charge is 0.326 e. The maximum atomic E-state index is 13.2. The highest BCUT2D eigenvalue weighted by molar-refractivity contribution is 6.00. The molecule has 0 aliphatic heterocycles. The summed E-state index contributed by atoms with van der Waals surface area (Å²) >= 11 is 0. The first-order chi connectivity index (χ1) is 25.6. The number of carbonyl (C=O) groups excluding carboxylic acids is 4. The van der Waals surface area contributed by atoms with Crippen LogP contribution in [0.1, 0.15) is 109 Å². The molecule has 0 radical (unpaired) electrons. The van der Waals surface area contributed by atoms with Crippen LogP contribution in [0.3, 0.4) is 0 Å². The molecule has 298 valence electrons. The predicted molar refractivity (Wildman–Crippen MR) is 212 cm³/mol. The third-order valence-electron chi connectivity index (χ3n) is 9.14. The first-order valence-electron chi connectivity index (χ1n) is 18.9. The van der Waals surface area contributed by atoms with Crippen molar-refractivity contribution in [3.8, 4) is 17.2 Å². The number of nitrogens with one attached hydrogen (secondary N) is 2. The predicted octanol–water partition coefficient (Wildman–Crippen LogP) is 7.62. The zero-order chi connectivity index (χ0) is 40.7. The Kier molecular flexibility index (Phi) is 13.8. The summed E-state index contributed by atoms with van der Waals surface area (Å²) in [6.45, 7) is 18.2. The van der Waals surface area contributed by atoms with Crippen LogP contribution in [0, 0.1) is 5.41 Å². The summed E-state index contributed by atoms with van der Waals surface area (Å²) < 4.78 is 28.1. The number of hydrogen-bond acceptors (Lipinski definition) is 11. The fourth-order valence-electron chi connectivity index (χ4n) is 6.24. The average molecular weight is 759 g/mol. The van der Waals surface area contributed by atoms with Crippen molar-refractivity contribution in [2.24, 2.45) is 5.41 Å². The summed E-state index contributed by atoms with van der Waals surface area (Å²) in [6.07, 6.45) is 1.45. The molecule has 0 heterocycles. The molecule has 0 amide bonds. The second-order valence-electron chi connectivity index (χ2n) is 16.9. The molecule has 2 N–H and O–H groups in total. The van der Waals surface area contributed by atoms with Crippen LogP contribution in [0.4, 0.5) is 5.69 Å². The Hall–Kier alpha value is -4.90. The lowest BCUT2D eigenvalue weighted by Gasteiger charge is -2.31. The summed E-state index contributed by atoms with van der Waals surface area (Å²) in [5.74, 6) is 0.395. The van der Waals surface area contributed by atoms with Gasteiger partial charge < -0.3 is 29.0 Å². The van der Waals surface area contributed by atoms with E-state index in [0.717, 1.165) is 36.1 Å².